The molecule has 2 unspecified atom stereocenters. The van der Waals surface area contributed by atoms with Crippen LogP contribution in [0.4, 0.5) is 0 Å². The first-order chi connectivity index (χ1) is 5.65. The lowest BCUT2D eigenvalue weighted by Crippen LogP contribution is -2.03. The van der Waals surface area contributed by atoms with Crippen molar-refractivity contribution in [3.05, 3.63) is 18.0 Å². The van der Waals surface area contributed by atoms with Crippen molar-refractivity contribution in [1.82, 2.24) is 9.78 Å². The second kappa shape index (κ2) is 4.08. The molecule has 0 saturated carbocycles. The first kappa shape index (κ1) is 9.78. The van der Waals surface area contributed by atoms with Gasteiger partial charge in [0.15, 0.2) is 0 Å². The average Bonchev–Trinajstić information content (AvgIpc) is 2.50. The second-order valence-corrected chi connectivity index (χ2v) is 4.54. The Balaban J connectivity index is 2.74. The Morgan fingerprint density at radius 2 is 2.25 bits per heavy atom. The molecule has 0 spiro atoms. The molecule has 0 radical (unpaired) electrons. The lowest BCUT2D eigenvalue weighted by molar-refractivity contribution is 0.657. The maximum absolute atomic E-state index is 4.23. The topological polar surface area (TPSA) is 17.8 Å². The number of halogens is 1. The van der Waals surface area contributed by atoms with E-state index in [4.69, 9.17) is 0 Å². The van der Waals surface area contributed by atoms with Crippen LogP contribution >= 0.6 is 15.9 Å². The van der Waals surface area contributed by atoms with E-state index < -0.39 is 0 Å². The van der Waals surface area contributed by atoms with Crippen molar-refractivity contribution < 1.29 is 0 Å². The summed E-state index contributed by atoms with van der Waals surface area (Å²) in [6.07, 6.45) is 4.06. The molecule has 1 heterocycles. The van der Waals surface area contributed by atoms with Gasteiger partial charge in [-0.25, -0.2) is 0 Å². The van der Waals surface area contributed by atoms with Crippen LogP contribution in [0.25, 0.3) is 0 Å². The van der Waals surface area contributed by atoms with E-state index in [1.54, 1.807) is 0 Å². The highest BCUT2D eigenvalue weighted by molar-refractivity contribution is 9.09. The fourth-order valence-corrected chi connectivity index (χ4v) is 1.36. The van der Waals surface area contributed by atoms with Crippen LogP contribution in [0.3, 0.4) is 0 Å². The molecule has 0 bridgehead atoms. The summed E-state index contributed by atoms with van der Waals surface area (Å²) in [5.41, 5.74) is 1.31. The highest BCUT2D eigenvalue weighted by atomic mass is 79.9. The molecule has 1 rings (SSSR count). The molecule has 0 amide bonds. The quantitative estimate of drug-likeness (QED) is 0.731. The van der Waals surface area contributed by atoms with E-state index in [2.05, 4.69) is 48.0 Å². The Bertz CT molecular complexity index is 242. The third-order valence-electron chi connectivity index (χ3n) is 2.19. The highest BCUT2D eigenvalue weighted by Gasteiger charge is 2.12. The van der Waals surface area contributed by atoms with Gasteiger partial charge < -0.3 is 0 Å². The maximum atomic E-state index is 4.23. The van der Waals surface area contributed by atoms with Gasteiger partial charge in [0.1, 0.15) is 0 Å². The van der Waals surface area contributed by atoms with Gasteiger partial charge in [-0.1, -0.05) is 29.8 Å². The summed E-state index contributed by atoms with van der Waals surface area (Å²) < 4.78 is 1.96. The summed E-state index contributed by atoms with van der Waals surface area (Å²) in [4.78, 5) is 0.506. The predicted molar refractivity (Wildman–Crippen MR) is 54.7 cm³/mol. The number of hydrogen-bond acceptors (Lipinski definition) is 1. The van der Waals surface area contributed by atoms with Crippen LogP contribution in [0.2, 0.25) is 0 Å². The van der Waals surface area contributed by atoms with Gasteiger partial charge >= 0.3 is 0 Å². The van der Waals surface area contributed by atoms with Crippen molar-refractivity contribution in [2.45, 2.75) is 38.1 Å². The summed E-state index contributed by atoms with van der Waals surface area (Å²) in [6.45, 7) is 7.41. The summed E-state index contributed by atoms with van der Waals surface area (Å²) >= 11 is 3.57. The molecule has 68 valence electrons. The molecule has 0 aliphatic heterocycles. The smallest absolute Gasteiger partial charge is 0.0524 e. The van der Waals surface area contributed by atoms with Crippen molar-refractivity contribution in [2.24, 2.45) is 0 Å². The minimum Gasteiger partial charge on any atom is -0.273 e. The number of aryl methyl sites for hydroxylation is 1. The molecule has 0 aromatic carbocycles. The lowest BCUT2D eigenvalue weighted by Gasteiger charge is -2.10. The monoisotopic (exact) mass is 230 g/mol. The van der Waals surface area contributed by atoms with Crippen molar-refractivity contribution in [2.75, 3.05) is 0 Å². The van der Waals surface area contributed by atoms with Crippen molar-refractivity contribution in [3.63, 3.8) is 0 Å². The van der Waals surface area contributed by atoms with Gasteiger partial charge in [0.2, 0.25) is 0 Å². The molecule has 0 saturated heterocycles. The number of aromatic nitrogens is 2. The van der Waals surface area contributed by atoms with Gasteiger partial charge in [-0.15, -0.1) is 0 Å². The molecule has 0 N–H and O–H groups in total. The molecule has 1 aromatic heterocycles. The van der Waals surface area contributed by atoms with E-state index in [-0.39, 0.29) is 0 Å². The Kier molecular flexibility index (Phi) is 3.32. The van der Waals surface area contributed by atoms with Gasteiger partial charge in [0.05, 0.1) is 6.20 Å². The standard InChI is InChI=1S/C9H15BrN2/c1-4-12-6-9(5-11-12)7(2)8(3)10/h5-8H,4H2,1-3H3. The second-order valence-electron chi connectivity index (χ2n) is 3.10. The Morgan fingerprint density at radius 1 is 1.58 bits per heavy atom. The molecule has 12 heavy (non-hydrogen) atoms. The van der Waals surface area contributed by atoms with Crippen LogP contribution in [-0.4, -0.2) is 14.6 Å². The van der Waals surface area contributed by atoms with E-state index in [0.29, 0.717) is 10.7 Å². The van der Waals surface area contributed by atoms with Crippen LogP contribution in [-0.2, 0) is 6.54 Å². The van der Waals surface area contributed by atoms with E-state index in [0.717, 1.165) is 6.54 Å². The first-order valence-electron chi connectivity index (χ1n) is 4.31. The first-order valence-corrected chi connectivity index (χ1v) is 5.23. The van der Waals surface area contributed by atoms with Gasteiger partial charge in [-0.05, 0) is 18.4 Å². The number of nitrogens with zero attached hydrogens (tertiary/aromatic N) is 2. The number of rotatable bonds is 3. The average molecular weight is 231 g/mol. The van der Waals surface area contributed by atoms with Crippen LogP contribution in [0.5, 0.6) is 0 Å². The lowest BCUT2D eigenvalue weighted by atomic mass is 10.0. The van der Waals surface area contributed by atoms with E-state index in [1.807, 2.05) is 10.9 Å². The third-order valence-corrected chi connectivity index (χ3v) is 2.98. The van der Waals surface area contributed by atoms with Crippen molar-refractivity contribution in [1.29, 1.82) is 0 Å². The molecule has 2 nitrogen and oxygen atoms in total. The molecular weight excluding hydrogens is 216 g/mol. The highest BCUT2D eigenvalue weighted by Crippen LogP contribution is 2.23. The van der Waals surface area contributed by atoms with E-state index in [1.165, 1.54) is 5.56 Å². The molecule has 3 heteroatoms. The summed E-state index contributed by atoms with van der Waals surface area (Å²) in [5, 5.41) is 4.23. The van der Waals surface area contributed by atoms with Gasteiger partial charge in [0.25, 0.3) is 0 Å². The van der Waals surface area contributed by atoms with Gasteiger partial charge in [0, 0.05) is 17.6 Å². The van der Waals surface area contributed by atoms with Crippen LogP contribution in [0.15, 0.2) is 12.4 Å². The Hall–Kier alpha value is -0.310. The Morgan fingerprint density at radius 3 is 2.67 bits per heavy atom. The molecular formula is C9H15BrN2. The zero-order valence-corrected chi connectivity index (χ0v) is 9.37. The molecule has 1 aromatic rings. The third kappa shape index (κ3) is 2.09. The van der Waals surface area contributed by atoms with Crippen LogP contribution < -0.4 is 0 Å². The number of alkyl halides is 1. The fourth-order valence-electron chi connectivity index (χ4n) is 1.05. The molecule has 0 aliphatic rings. The van der Waals surface area contributed by atoms with Gasteiger partial charge in [-0.3, -0.25) is 4.68 Å². The summed E-state index contributed by atoms with van der Waals surface area (Å²) in [5.74, 6) is 0.533. The van der Waals surface area contributed by atoms with Crippen LogP contribution in [0, 0.1) is 0 Å². The molecule has 0 aliphatic carbocycles. The zero-order chi connectivity index (χ0) is 9.14. The fraction of sp³-hybridized carbons (Fsp3) is 0.667. The van der Waals surface area contributed by atoms with Crippen LogP contribution in [0.1, 0.15) is 32.3 Å². The normalized spacial score (nSPS) is 16.0. The Labute approximate surface area is 82.1 Å². The van der Waals surface area contributed by atoms with Gasteiger partial charge in [-0.2, -0.15) is 5.10 Å². The summed E-state index contributed by atoms with van der Waals surface area (Å²) in [6, 6.07) is 0. The summed E-state index contributed by atoms with van der Waals surface area (Å²) in [7, 11) is 0. The maximum Gasteiger partial charge on any atom is 0.0524 e. The number of hydrogen-bond donors (Lipinski definition) is 0. The SMILES string of the molecule is CCn1cc(C(C)C(C)Br)cn1. The predicted octanol–water partition coefficient (Wildman–Crippen LogP) is 2.79. The largest absolute Gasteiger partial charge is 0.273 e. The molecule has 0 fully saturated rings. The van der Waals surface area contributed by atoms with E-state index in [9.17, 15) is 0 Å². The zero-order valence-electron chi connectivity index (χ0n) is 7.79. The van der Waals surface area contributed by atoms with E-state index >= 15 is 0 Å². The molecule has 2 atom stereocenters. The minimum absolute atomic E-state index is 0.506. The minimum atomic E-state index is 0.506. The van der Waals surface area contributed by atoms with Crippen molar-refractivity contribution >= 4 is 15.9 Å². The van der Waals surface area contributed by atoms with Crippen molar-refractivity contribution in [3.8, 4) is 0 Å².